The second kappa shape index (κ2) is 7.26. The van der Waals surface area contributed by atoms with E-state index in [1.165, 1.54) is 44.9 Å². The molecule has 1 atom stereocenters. The highest BCUT2D eigenvalue weighted by Gasteiger charge is 2.51. The average molecular weight is 348 g/mol. The van der Waals surface area contributed by atoms with Crippen LogP contribution < -0.4 is 16.0 Å². The Morgan fingerprint density at radius 3 is 2.24 bits per heavy atom. The van der Waals surface area contributed by atoms with E-state index in [0.717, 1.165) is 43.8 Å². The molecule has 5 rings (SSSR count). The van der Waals surface area contributed by atoms with Gasteiger partial charge in [-0.1, -0.05) is 0 Å². The lowest BCUT2D eigenvalue weighted by molar-refractivity contribution is -0.131. The molecule has 2 amide bonds. The lowest BCUT2D eigenvalue weighted by Crippen LogP contribution is -2.48. The standard InChI is InChI=1S/C20H33N3O2/c24-18(23-13-19(25)22-4-2-14-1-3-21-12-14)11-20-8-15-5-16(9-20)7-17(6-15)10-20/h14-17,21H,1-13H2,(H,22,25)(H,23,24). The molecule has 0 aromatic carbocycles. The van der Waals surface area contributed by atoms with Crippen LogP contribution in [0, 0.1) is 29.1 Å². The average Bonchev–Trinajstić information content (AvgIpc) is 3.04. The molecule has 3 N–H and O–H groups in total. The van der Waals surface area contributed by atoms with E-state index in [4.69, 9.17) is 0 Å². The van der Waals surface area contributed by atoms with Gasteiger partial charge in [0.15, 0.2) is 0 Å². The molecule has 1 aliphatic heterocycles. The predicted octanol–water partition coefficient (Wildman–Crippen LogP) is 1.82. The van der Waals surface area contributed by atoms with Crippen molar-refractivity contribution in [2.45, 2.75) is 57.8 Å². The van der Waals surface area contributed by atoms with E-state index in [-0.39, 0.29) is 23.8 Å². The van der Waals surface area contributed by atoms with Crippen LogP contribution in [-0.2, 0) is 9.59 Å². The van der Waals surface area contributed by atoms with Gasteiger partial charge in [0, 0.05) is 13.0 Å². The molecule has 0 aromatic heterocycles. The van der Waals surface area contributed by atoms with E-state index in [9.17, 15) is 9.59 Å². The van der Waals surface area contributed by atoms with E-state index in [1.54, 1.807) is 0 Å². The first-order chi connectivity index (χ1) is 12.1. The minimum Gasteiger partial charge on any atom is -0.355 e. The maximum Gasteiger partial charge on any atom is 0.239 e. The first kappa shape index (κ1) is 17.3. The zero-order valence-corrected chi connectivity index (χ0v) is 15.3. The lowest BCUT2D eigenvalue weighted by atomic mass is 9.49. The Morgan fingerprint density at radius 1 is 0.960 bits per heavy atom. The van der Waals surface area contributed by atoms with E-state index in [1.807, 2.05) is 0 Å². The Labute approximate surface area is 151 Å². The molecule has 5 fully saturated rings. The molecule has 25 heavy (non-hydrogen) atoms. The van der Waals surface area contributed by atoms with E-state index < -0.39 is 0 Å². The van der Waals surface area contributed by atoms with E-state index in [2.05, 4.69) is 16.0 Å². The monoisotopic (exact) mass is 347 g/mol. The van der Waals surface area contributed by atoms with Gasteiger partial charge in [0.25, 0.3) is 0 Å². The van der Waals surface area contributed by atoms with Crippen LogP contribution in [0.5, 0.6) is 0 Å². The second-order valence-electron chi connectivity index (χ2n) is 9.37. The molecule has 5 aliphatic rings. The molecule has 0 spiro atoms. The predicted molar refractivity (Wildman–Crippen MR) is 96.8 cm³/mol. The molecule has 4 saturated carbocycles. The van der Waals surface area contributed by atoms with Gasteiger partial charge in [0.05, 0.1) is 6.54 Å². The summed E-state index contributed by atoms with van der Waals surface area (Å²) in [4.78, 5) is 24.4. The highest BCUT2D eigenvalue weighted by molar-refractivity contribution is 5.84. The normalized spacial score (nSPS) is 38.7. The SMILES string of the molecule is O=C(CNC(=O)CC12CC3CC(CC(C3)C1)C2)NCCC1CCNC1. The molecule has 0 aromatic rings. The Bertz CT molecular complexity index is 478. The first-order valence-electron chi connectivity index (χ1n) is 10.3. The highest BCUT2D eigenvalue weighted by Crippen LogP contribution is 2.61. The van der Waals surface area contributed by atoms with E-state index in [0.29, 0.717) is 12.3 Å². The summed E-state index contributed by atoms with van der Waals surface area (Å²) in [7, 11) is 0. The van der Waals surface area contributed by atoms with Crippen molar-refractivity contribution in [1.29, 1.82) is 0 Å². The second-order valence-corrected chi connectivity index (χ2v) is 9.37. The molecule has 1 saturated heterocycles. The van der Waals surface area contributed by atoms with Crippen LogP contribution in [0.2, 0.25) is 0 Å². The molecule has 1 heterocycles. The molecular weight excluding hydrogens is 314 g/mol. The van der Waals surface area contributed by atoms with Crippen molar-refractivity contribution in [3.05, 3.63) is 0 Å². The van der Waals surface area contributed by atoms with E-state index >= 15 is 0 Å². The number of hydrogen-bond donors (Lipinski definition) is 3. The molecule has 5 nitrogen and oxygen atoms in total. The van der Waals surface area contributed by atoms with Gasteiger partial charge >= 0.3 is 0 Å². The molecule has 140 valence electrons. The maximum absolute atomic E-state index is 12.4. The van der Waals surface area contributed by atoms with Crippen LogP contribution in [-0.4, -0.2) is 38.0 Å². The molecule has 4 bridgehead atoms. The Kier molecular flexibility index (Phi) is 5.03. The fourth-order valence-corrected chi connectivity index (χ4v) is 6.53. The number of carbonyl (C=O) groups is 2. The van der Waals surface area contributed by atoms with Crippen LogP contribution in [0.4, 0.5) is 0 Å². The zero-order chi connectivity index (χ0) is 17.3. The van der Waals surface area contributed by atoms with Crippen LogP contribution in [0.1, 0.15) is 57.8 Å². The van der Waals surface area contributed by atoms with Gasteiger partial charge in [-0.05, 0) is 93.5 Å². The minimum absolute atomic E-state index is 0.0511. The van der Waals surface area contributed by atoms with Gasteiger partial charge < -0.3 is 16.0 Å². The molecule has 5 heteroatoms. The van der Waals surface area contributed by atoms with Gasteiger partial charge in [-0.15, -0.1) is 0 Å². The van der Waals surface area contributed by atoms with Crippen molar-refractivity contribution in [1.82, 2.24) is 16.0 Å². The Hall–Kier alpha value is -1.10. The number of rotatable bonds is 7. The topological polar surface area (TPSA) is 70.2 Å². The summed E-state index contributed by atoms with van der Waals surface area (Å²) in [5.41, 5.74) is 0.255. The van der Waals surface area contributed by atoms with Crippen LogP contribution in [0.15, 0.2) is 0 Å². The Balaban J connectivity index is 1.16. The summed E-state index contributed by atoms with van der Waals surface area (Å²) in [5.74, 6) is 3.32. The van der Waals surface area contributed by atoms with Gasteiger partial charge in [0.1, 0.15) is 0 Å². The van der Waals surface area contributed by atoms with Gasteiger partial charge in [-0.3, -0.25) is 9.59 Å². The molecular formula is C20H33N3O2. The molecule has 4 aliphatic carbocycles. The summed E-state index contributed by atoms with van der Waals surface area (Å²) < 4.78 is 0. The third kappa shape index (κ3) is 4.18. The van der Waals surface area contributed by atoms with Crippen molar-refractivity contribution in [3.8, 4) is 0 Å². The van der Waals surface area contributed by atoms with Crippen molar-refractivity contribution in [2.75, 3.05) is 26.2 Å². The van der Waals surface area contributed by atoms with Gasteiger partial charge in [-0.2, -0.15) is 0 Å². The maximum atomic E-state index is 12.4. The minimum atomic E-state index is -0.0511. The smallest absolute Gasteiger partial charge is 0.239 e. The molecule has 1 unspecified atom stereocenters. The number of carbonyl (C=O) groups excluding carboxylic acids is 2. The van der Waals surface area contributed by atoms with Crippen molar-refractivity contribution in [3.63, 3.8) is 0 Å². The number of amides is 2. The summed E-state index contributed by atoms with van der Waals surface area (Å²) in [6, 6.07) is 0. The van der Waals surface area contributed by atoms with Crippen LogP contribution in [0.3, 0.4) is 0 Å². The fraction of sp³-hybridized carbons (Fsp3) is 0.900. The summed E-state index contributed by atoms with van der Waals surface area (Å²) in [5, 5.41) is 9.16. The summed E-state index contributed by atoms with van der Waals surface area (Å²) >= 11 is 0. The fourth-order valence-electron chi connectivity index (χ4n) is 6.53. The van der Waals surface area contributed by atoms with Crippen molar-refractivity contribution in [2.24, 2.45) is 29.1 Å². The van der Waals surface area contributed by atoms with Crippen molar-refractivity contribution >= 4 is 11.8 Å². The van der Waals surface area contributed by atoms with Gasteiger partial charge in [-0.25, -0.2) is 0 Å². The summed E-state index contributed by atoms with van der Waals surface area (Å²) in [6.07, 6.45) is 10.8. The molecule has 0 radical (unpaired) electrons. The third-order valence-electron chi connectivity index (χ3n) is 7.18. The first-order valence-corrected chi connectivity index (χ1v) is 10.3. The summed E-state index contributed by atoms with van der Waals surface area (Å²) in [6.45, 7) is 3.01. The van der Waals surface area contributed by atoms with Gasteiger partial charge in [0.2, 0.25) is 11.8 Å². The third-order valence-corrected chi connectivity index (χ3v) is 7.18. The highest BCUT2D eigenvalue weighted by atomic mass is 16.2. The quantitative estimate of drug-likeness (QED) is 0.658. The zero-order valence-electron chi connectivity index (χ0n) is 15.3. The largest absolute Gasteiger partial charge is 0.355 e. The Morgan fingerprint density at radius 2 is 1.64 bits per heavy atom. The number of nitrogens with one attached hydrogen (secondary N) is 3. The van der Waals surface area contributed by atoms with Crippen LogP contribution in [0.25, 0.3) is 0 Å². The van der Waals surface area contributed by atoms with Crippen LogP contribution >= 0.6 is 0 Å². The van der Waals surface area contributed by atoms with Crippen molar-refractivity contribution < 1.29 is 9.59 Å². The number of hydrogen-bond acceptors (Lipinski definition) is 3. The lowest BCUT2D eigenvalue weighted by Gasteiger charge is -2.56.